The summed E-state index contributed by atoms with van der Waals surface area (Å²) < 4.78 is 0. The Hall–Kier alpha value is -4.38. The van der Waals surface area contributed by atoms with Crippen molar-refractivity contribution in [1.29, 1.82) is 5.26 Å². The minimum atomic E-state index is -0.123. The molecule has 0 aliphatic heterocycles. The van der Waals surface area contributed by atoms with E-state index in [-0.39, 0.29) is 17.7 Å². The summed E-state index contributed by atoms with van der Waals surface area (Å²) in [4.78, 5) is 29.6. The highest BCUT2D eigenvalue weighted by Crippen LogP contribution is 2.31. The molecule has 4 rings (SSSR count). The van der Waals surface area contributed by atoms with Gasteiger partial charge in [-0.1, -0.05) is 32.0 Å². The van der Waals surface area contributed by atoms with Crippen LogP contribution < -0.4 is 10.6 Å². The third kappa shape index (κ3) is 4.69. The molecule has 0 aliphatic rings. The van der Waals surface area contributed by atoms with Crippen LogP contribution in [0.2, 0.25) is 0 Å². The van der Waals surface area contributed by atoms with Gasteiger partial charge < -0.3 is 10.6 Å². The Kier molecular flexibility index (Phi) is 6.74. The summed E-state index contributed by atoms with van der Waals surface area (Å²) in [7, 11) is 1.63. The topological polar surface area (TPSA) is 116 Å². The van der Waals surface area contributed by atoms with Gasteiger partial charge in [0, 0.05) is 49.2 Å². The monoisotopic (exact) mass is 451 g/mol. The molecular weight excluding hydrogens is 426 g/mol. The second-order valence-electron chi connectivity index (χ2n) is 8.19. The Labute approximate surface area is 198 Å². The van der Waals surface area contributed by atoms with E-state index in [0.717, 1.165) is 22.0 Å². The molecule has 8 heteroatoms. The zero-order valence-electron chi connectivity index (χ0n) is 19.3. The third-order valence-corrected chi connectivity index (χ3v) is 6.05. The molecule has 170 valence electrons. The average Bonchev–Trinajstić information content (AvgIpc) is 2.90. The number of nitrogens with one attached hydrogen (secondary N) is 2. The van der Waals surface area contributed by atoms with Gasteiger partial charge in [-0.2, -0.15) is 5.26 Å². The minimum Gasteiger partial charge on any atom is -0.370 e. The lowest BCUT2D eigenvalue weighted by molar-refractivity contribution is 0.0964. The molecule has 4 aromatic rings. The van der Waals surface area contributed by atoms with Crippen molar-refractivity contribution >= 4 is 22.6 Å². The molecule has 1 unspecified atom stereocenters. The van der Waals surface area contributed by atoms with Gasteiger partial charge in [-0.25, -0.2) is 9.97 Å². The lowest BCUT2D eigenvalue weighted by Crippen LogP contribution is -2.19. The normalized spacial score (nSPS) is 12.5. The van der Waals surface area contributed by atoms with Crippen LogP contribution in [0.3, 0.4) is 0 Å². The zero-order chi connectivity index (χ0) is 24.1. The molecule has 3 heterocycles. The van der Waals surface area contributed by atoms with Crippen molar-refractivity contribution < 1.29 is 4.79 Å². The number of nitrogens with zero attached hydrogens (tertiary/aromatic N) is 5. The van der Waals surface area contributed by atoms with E-state index in [2.05, 4.69) is 56.6 Å². The van der Waals surface area contributed by atoms with Crippen molar-refractivity contribution in [2.75, 3.05) is 18.9 Å². The molecule has 34 heavy (non-hydrogen) atoms. The SMILES string of the molecule is CNC(=O)c1ccnc2c(C(C)[C@H](C)CNc3cc(-c4cncc(C#N)c4)ncn3)cccc12. The number of hydrogen-bond acceptors (Lipinski definition) is 7. The quantitative estimate of drug-likeness (QED) is 0.433. The highest BCUT2D eigenvalue weighted by atomic mass is 16.1. The molecule has 3 aromatic heterocycles. The first kappa shape index (κ1) is 22.8. The van der Waals surface area contributed by atoms with Crippen molar-refractivity contribution in [2.24, 2.45) is 5.92 Å². The number of pyridine rings is 2. The summed E-state index contributed by atoms with van der Waals surface area (Å²) in [6.07, 6.45) is 6.38. The average molecular weight is 452 g/mol. The van der Waals surface area contributed by atoms with Gasteiger partial charge in [-0.05, 0) is 29.5 Å². The standard InChI is InChI=1S/C26H25N7O/c1-16(12-31-24-10-23(32-15-33-24)19-9-18(11-27)13-29-14-19)17(2)20-5-4-6-21-22(26(34)28-3)7-8-30-25(20)21/h4-10,13-17H,12H2,1-3H3,(H,28,34)(H,31,32,33)/t16-,17?/m1/s1. The van der Waals surface area contributed by atoms with Crippen LogP contribution in [0.5, 0.6) is 0 Å². The van der Waals surface area contributed by atoms with Crippen LogP contribution in [-0.2, 0) is 0 Å². The van der Waals surface area contributed by atoms with Crippen LogP contribution in [0.1, 0.15) is 41.3 Å². The van der Waals surface area contributed by atoms with Crippen LogP contribution in [0, 0.1) is 17.2 Å². The predicted octanol–water partition coefficient (Wildman–Crippen LogP) is 4.17. The second kappa shape index (κ2) is 10.0. The third-order valence-electron chi connectivity index (χ3n) is 6.05. The Morgan fingerprint density at radius 3 is 2.76 bits per heavy atom. The fourth-order valence-electron chi connectivity index (χ4n) is 3.90. The van der Waals surface area contributed by atoms with Crippen molar-refractivity contribution in [3.63, 3.8) is 0 Å². The Morgan fingerprint density at radius 1 is 1.12 bits per heavy atom. The number of nitriles is 1. The molecule has 0 radical (unpaired) electrons. The number of anilines is 1. The van der Waals surface area contributed by atoms with Crippen LogP contribution in [0.15, 0.2) is 61.3 Å². The molecule has 8 nitrogen and oxygen atoms in total. The van der Waals surface area contributed by atoms with E-state index in [4.69, 9.17) is 5.26 Å². The largest absolute Gasteiger partial charge is 0.370 e. The summed E-state index contributed by atoms with van der Waals surface area (Å²) in [6.45, 7) is 5.01. The number of carbonyl (C=O) groups is 1. The maximum atomic E-state index is 12.3. The highest BCUT2D eigenvalue weighted by molar-refractivity contribution is 6.06. The van der Waals surface area contributed by atoms with Gasteiger partial charge in [0.25, 0.3) is 5.91 Å². The summed E-state index contributed by atoms with van der Waals surface area (Å²) in [5, 5.41) is 16.1. The summed E-state index contributed by atoms with van der Waals surface area (Å²) in [5.74, 6) is 1.01. The first-order valence-corrected chi connectivity index (χ1v) is 11.0. The fraction of sp³-hybridized carbons (Fsp3) is 0.231. The number of aromatic nitrogens is 4. The van der Waals surface area contributed by atoms with Gasteiger partial charge in [0.1, 0.15) is 18.2 Å². The van der Waals surface area contributed by atoms with Crippen molar-refractivity contribution in [2.45, 2.75) is 19.8 Å². The molecule has 0 saturated carbocycles. The Bertz CT molecular complexity index is 1380. The maximum absolute atomic E-state index is 12.3. The molecule has 2 atom stereocenters. The second-order valence-corrected chi connectivity index (χ2v) is 8.19. The fourth-order valence-corrected chi connectivity index (χ4v) is 3.90. The van der Waals surface area contributed by atoms with Gasteiger partial charge in [0.05, 0.1) is 22.3 Å². The molecule has 0 aliphatic carbocycles. The molecule has 1 aromatic carbocycles. The Balaban J connectivity index is 1.52. The Morgan fingerprint density at radius 2 is 1.97 bits per heavy atom. The number of rotatable bonds is 7. The predicted molar refractivity (Wildman–Crippen MR) is 131 cm³/mol. The maximum Gasteiger partial charge on any atom is 0.251 e. The van der Waals surface area contributed by atoms with E-state index in [9.17, 15) is 4.79 Å². The highest BCUT2D eigenvalue weighted by Gasteiger charge is 2.19. The van der Waals surface area contributed by atoms with Gasteiger partial charge in [-0.15, -0.1) is 0 Å². The lowest BCUT2D eigenvalue weighted by atomic mass is 9.87. The van der Waals surface area contributed by atoms with Crippen LogP contribution in [0.4, 0.5) is 5.82 Å². The van der Waals surface area contributed by atoms with Gasteiger partial charge >= 0.3 is 0 Å². The van der Waals surface area contributed by atoms with E-state index in [1.54, 1.807) is 31.6 Å². The number of carbonyl (C=O) groups excluding carboxylic acids is 1. The number of amides is 1. The van der Waals surface area contributed by atoms with Crippen LogP contribution in [0.25, 0.3) is 22.2 Å². The minimum absolute atomic E-state index is 0.123. The van der Waals surface area contributed by atoms with E-state index in [0.29, 0.717) is 29.2 Å². The molecule has 0 bridgehead atoms. The lowest BCUT2D eigenvalue weighted by Gasteiger charge is -2.22. The molecule has 0 saturated heterocycles. The van der Waals surface area contributed by atoms with Crippen LogP contribution in [-0.4, -0.2) is 39.4 Å². The smallest absolute Gasteiger partial charge is 0.251 e. The summed E-state index contributed by atoms with van der Waals surface area (Å²) in [6, 6.07) is 13.4. The first-order valence-electron chi connectivity index (χ1n) is 11.0. The van der Waals surface area contributed by atoms with E-state index < -0.39 is 0 Å². The van der Waals surface area contributed by atoms with E-state index in [1.165, 1.54) is 12.5 Å². The number of hydrogen-bond donors (Lipinski definition) is 2. The van der Waals surface area contributed by atoms with Gasteiger partial charge in [-0.3, -0.25) is 14.8 Å². The summed E-state index contributed by atoms with van der Waals surface area (Å²) >= 11 is 0. The van der Waals surface area contributed by atoms with Gasteiger partial charge in [0.15, 0.2) is 0 Å². The molecule has 1 amide bonds. The van der Waals surface area contributed by atoms with E-state index >= 15 is 0 Å². The first-order chi connectivity index (χ1) is 16.5. The molecule has 0 spiro atoms. The molecule has 0 fully saturated rings. The number of fused-ring (bicyclic) bond motifs is 1. The number of benzene rings is 1. The van der Waals surface area contributed by atoms with Crippen molar-refractivity contribution in [1.82, 2.24) is 25.3 Å². The zero-order valence-corrected chi connectivity index (χ0v) is 19.3. The van der Waals surface area contributed by atoms with Gasteiger partial charge in [0.2, 0.25) is 0 Å². The number of para-hydroxylation sites is 1. The molecular formula is C26H25N7O. The van der Waals surface area contributed by atoms with Crippen molar-refractivity contribution in [3.8, 4) is 17.3 Å². The van der Waals surface area contributed by atoms with E-state index in [1.807, 2.05) is 18.2 Å². The molecule has 2 N–H and O–H groups in total. The van der Waals surface area contributed by atoms with Crippen molar-refractivity contribution in [3.05, 3.63) is 78.0 Å². The summed E-state index contributed by atoms with van der Waals surface area (Å²) in [5.41, 5.74) is 4.51. The van der Waals surface area contributed by atoms with Crippen LogP contribution >= 0.6 is 0 Å².